The highest BCUT2D eigenvalue weighted by atomic mass is 16.2. The van der Waals surface area contributed by atoms with E-state index in [0.717, 1.165) is 11.4 Å². The fraction of sp³-hybridized carbons (Fsp3) is 0.300. The van der Waals surface area contributed by atoms with E-state index in [-0.39, 0.29) is 16.9 Å². The Morgan fingerprint density at radius 2 is 1.38 bits per heavy atom. The molecule has 4 heteroatoms. The summed E-state index contributed by atoms with van der Waals surface area (Å²) >= 11 is 0. The van der Waals surface area contributed by atoms with Gasteiger partial charge in [-0.3, -0.25) is 14.7 Å². The third-order valence-corrected chi connectivity index (χ3v) is 4.91. The summed E-state index contributed by atoms with van der Waals surface area (Å²) in [5.74, 6) is 0.734. The van der Waals surface area contributed by atoms with Gasteiger partial charge in [-0.05, 0) is 39.8 Å². The number of amides is 1. The third kappa shape index (κ3) is 2.74. The van der Waals surface area contributed by atoms with Crippen molar-refractivity contribution in [3.8, 4) is 0 Å². The number of amidine groups is 1. The molecule has 24 heavy (non-hydrogen) atoms. The molecule has 1 aliphatic heterocycles. The highest BCUT2D eigenvalue weighted by Gasteiger charge is 2.51. The Hall–Kier alpha value is -2.46. The van der Waals surface area contributed by atoms with Crippen LogP contribution >= 0.6 is 0 Å². The largest absolute Gasteiger partial charge is 0.412 e. The van der Waals surface area contributed by atoms with Crippen LogP contribution in [0.5, 0.6) is 0 Å². The molecule has 1 heterocycles. The predicted octanol–water partition coefficient (Wildman–Crippen LogP) is 3.32. The van der Waals surface area contributed by atoms with Crippen LogP contribution in [0.25, 0.3) is 0 Å². The van der Waals surface area contributed by atoms with E-state index in [2.05, 4.69) is 27.7 Å². The Bertz CT molecular complexity index is 750. The molecule has 2 aromatic rings. The van der Waals surface area contributed by atoms with Crippen molar-refractivity contribution in [2.75, 3.05) is 0 Å². The van der Waals surface area contributed by atoms with Crippen molar-refractivity contribution in [2.24, 2.45) is 4.99 Å². The number of carbonyl (C=O) groups excluding carboxylic acids is 1. The highest BCUT2D eigenvalue weighted by Crippen LogP contribution is 2.40. The molecule has 0 saturated heterocycles. The van der Waals surface area contributed by atoms with E-state index < -0.39 is 5.54 Å². The Labute approximate surface area is 143 Å². The van der Waals surface area contributed by atoms with Gasteiger partial charge < -0.3 is 5.48 Å². The molecule has 0 spiro atoms. The number of nitrogens with zero attached hydrogens (tertiary/aromatic N) is 2. The van der Waals surface area contributed by atoms with Crippen LogP contribution in [0.4, 0.5) is 0 Å². The number of rotatable bonds is 2. The molecule has 0 aliphatic carbocycles. The minimum absolute atomic E-state index is 0. The zero-order valence-electron chi connectivity index (χ0n) is 14.6. The molecular weight excluding hydrogens is 300 g/mol. The quantitative estimate of drug-likeness (QED) is 0.835. The Morgan fingerprint density at radius 3 is 1.92 bits per heavy atom. The van der Waals surface area contributed by atoms with Gasteiger partial charge >= 0.3 is 0 Å². The van der Waals surface area contributed by atoms with Gasteiger partial charge in [0.15, 0.2) is 0 Å². The number of aliphatic imine (C=N–C) groups is 1. The van der Waals surface area contributed by atoms with Crippen LogP contribution in [-0.2, 0) is 0 Å². The zero-order chi connectivity index (χ0) is 16.7. The molecule has 0 fully saturated rings. The molecule has 0 radical (unpaired) electrons. The van der Waals surface area contributed by atoms with Crippen LogP contribution in [0.3, 0.4) is 0 Å². The van der Waals surface area contributed by atoms with Gasteiger partial charge in [0.2, 0.25) is 0 Å². The first-order valence-corrected chi connectivity index (χ1v) is 7.89. The Balaban J connectivity index is 0.00000208. The predicted molar refractivity (Wildman–Crippen MR) is 97.4 cm³/mol. The lowest BCUT2D eigenvalue weighted by Crippen LogP contribution is -2.55. The summed E-state index contributed by atoms with van der Waals surface area (Å²) in [7, 11) is 0. The van der Waals surface area contributed by atoms with Gasteiger partial charge in [-0.2, -0.15) is 0 Å². The molecule has 2 N–H and O–H groups in total. The minimum atomic E-state index is -0.412. The van der Waals surface area contributed by atoms with Crippen LogP contribution in [0.2, 0.25) is 0 Å². The van der Waals surface area contributed by atoms with Gasteiger partial charge in [0.25, 0.3) is 5.91 Å². The molecule has 1 aliphatic rings. The van der Waals surface area contributed by atoms with E-state index in [1.165, 1.54) is 0 Å². The van der Waals surface area contributed by atoms with E-state index in [9.17, 15) is 4.79 Å². The SMILES string of the molecule is CC1(C)N=C(c2ccccc2)N(C(=O)c2ccccc2)C1(C)C.O. The maximum absolute atomic E-state index is 13.2. The first kappa shape index (κ1) is 17.9. The lowest BCUT2D eigenvalue weighted by atomic mass is 9.83. The molecule has 2 aromatic carbocycles. The summed E-state index contributed by atoms with van der Waals surface area (Å²) in [5.41, 5.74) is 0.880. The van der Waals surface area contributed by atoms with Crippen LogP contribution in [0, 0.1) is 0 Å². The normalized spacial score (nSPS) is 17.8. The first-order chi connectivity index (χ1) is 10.8. The lowest BCUT2D eigenvalue weighted by Gasteiger charge is -2.40. The molecule has 4 nitrogen and oxygen atoms in total. The van der Waals surface area contributed by atoms with Gasteiger partial charge in [0.05, 0.1) is 11.1 Å². The van der Waals surface area contributed by atoms with Crippen molar-refractivity contribution in [1.29, 1.82) is 0 Å². The molecular formula is C20H24N2O2. The van der Waals surface area contributed by atoms with Crippen LogP contribution < -0.4 is 0 Å². The number of carbonyl (C=O) groups is 1. The fourth-order valence-electron chi connectivity index (χ4n) is 2.83. The van der Waals surface area contributed by atoms with Crippen LogP contribution in [0.1, 0.15) is 43.6 Å². The van der Waals surface area contributed by atoms with E-state index in [1.54, 1.807) is 0 Å². The standard InChI is InChI=1S/C20H22N2O.H2O/c1-19(2)20(3,4)22(18(23)16-13-9-6-10-14-16)17(21-19)15-11-7-5-8-12-15;/h5-14H,1-4H3;1H2. The van der Waals surface area contributed by atoms with Gasteiger partial charge in [0, 0.05) is 11.1 Å². The molecule has 126 valence electrons. The van der Waals surface area contributed by atoms with Crippen LogP contribution in [-0.4, -0.2) is 33.2 Å². The van der Waals surface area contributed by atoms with Crippen molar-refractivity contribution in [2.45, 2.75) is 38.8 Å². The molecule has 3 rings (SSSR count). The second-order valence-electron chi connectivity index (χ2n) is 6.93. The summed E-state index contributed by atoms with van der Waals surface area (Å²) in [6.45, 7) is 8.31. The number of benzene rings is 2. The molecule has 0 aromatic heterocycles. The first-order valence-electron chi connectivity index (χ1n) is 7.89. The Kier molecular flexibility index (Phi) is 4.63. The van der Waals surface area contributed by atoms with E-state index >= 15 is 0 Å². The summed E-state index contributed by atoms with van der Waals surface area (Å²) in [6.07, 6.45) is 0. The van der Waals surface area contributed by atoms with Gasteiger partial charge in [0.1, 0.15) is 5.84 Å². The van der Waals surface area contributed by atoms with Crippen molar-refractivity contribution >= 4 is 11.7 Å². The smallest absolute Gasteiger partial charge is 0.260 e. The fourth-order valence-corrected chi connectivity index (χ4v) is 2.83. The maximum atomic E-state index is 13.2. The van der Waals surface area contributed by atoms with Crippen molar-refractivity contribution in [3.05, 3.63) is 71.8 Å². The second-order valence-corrected chi connectivity index (χ2v) is 6.93. The van der Waals surface area contributed by atoms with Crippen molar-refractivity contribution in [1.82, 2.24) is 4.90 Å². The topological polar surface area (TPSA) is 64.2 Å². The number of hydrogen-bond acceptors (Lipinski definition) is 2. The maximum Gasteiger partial charge on any atom is 0.260 e. The highest BCUT2D eigenvalue weighted by molar-refractivity contribution is 6.14. The summed E-state index contributed by atoms with van der Waals surface area (Å²) in [4.78, 5) is 19.9. The average molecular weight is 324 g/mol. The van der Waals surface area contributed by atoms with E-state index in [0.29, 0.717) is 5.56 Å². The monoisotopic (exact) mass is 324 g/mol. The third-order valence-electron chi connectivity index (χ3n) is 4.91. The minimum Gasteiger partial charge on any atom is -0.412 e. The summed E-state index contributed by atoms with van der Waals surface area (Å²) < 4.78 is 0. The second kappa shape index (κ2) is 6.21. The zero-order valence-corrected chi connectivity index (χ0v) is 14.6. The molecule has 1 amide bonds. The van der Waals surface area contributed by atoms with Gasteiger partial charge in [-0.1, -0.05) is 48.5 Å². The van der Waals surface area contributed by atoms with Gasteiger partial charge in [-0.15, -0.1) is 0 Å². The molecule has 0 saturated carbocycles. The molecule has 0 bridgehead atoms. The van der Waals surface area contributed by atoms with E-state index in [1.807, 2.05) is 65.6 Å². The average Bonchev–Trinajstić information content (AvgIpc) is 2.74. The number of hydrogen-bond donors (Lipinski definition) is 0. The summed E-state index contributed by atoms with van der Waals surface area (Å²) in [5, 5.41) is 0. The van der Waals surface area contributed by atoms with E-state index in [4.69, 9.17) is 4.99 Å². The Morgan fingerprint density at radius 1 is 0.875 bits per heavy atom. The molecule has 0 unspecified atom stereocenters. The van der Waals surface area contributed by atoms with Gasteiger partial charge in [-0.25, -0.2) is 0 Å². The van der Waals surface area contributed by atoms with Crippen molar-refractivity contribution in [3.63, 3.8) is 0 Å². The van der Waals surface area contributed by atoms with Crippen molar-refractivity contribution < 1.29 is 10.3 Å². The summed E-state index contributed by atoms with van der Waals surface area (Å²) in [6, 6.07) is 19.3. The molecule has 0 atom stereocenters. The van der Waals surface area contributed by atoms with Crippen LogP contribution in [0.15, 0.2) is 65.7 Å². The lowest BCUT2D eigenvalue weighted by molar-refractivity contribution is 0.0683.